The number of nitrogens with one attached hydrogen (secondary N) is 1. The minimum absolute atomic E-state index is 0.0182. The molecule has 112 valence electrons. The van der Waals surface area contributed by atoms with Crippen LogP contribution in [0, 0.1) is 0 Å². The first-order valence-electron chi connectivity index (χ1n) is 7.40. The van der Waals surface area contributed by atoms with Gasteiger partial charge in [0.15, 0.2) is 0 Å². The van der Waals surface area contributed by atoms with E-state index in [1.807, 2.05) is 12.3 Å². The highest BCUT2D eigenvalue weighted by Crippen LogP contribution is 2.15. The lowest BCUT2D eigenvalue weighted by Crippen LogP contribution is -2.65. The van der Waals surface area contributed by atoms with Crippen molar-refractivity contribution in [2.75, 3.05) is 26.2 Å². The molecule has 2 aliphatic rings. The highest BCUT2D eigenvalue weighted by Gasteiger charge is 2.38. The number of pyridine rings is 1. The molecule has 2 aliphatic heterocycles. The minimum Gasteiger partial charge on any atom is -0.345 e. The van der Waals surface area contributed by atoms with Gasteiger partial charge in [-0.25, -0.2) is 0 Å². The molecule has 2 saturated heterocycles. The van der Waals surface area contributed by atoms with Crippen molar-refractivity contribution in [3.8, 4) is 0 Å². The second kappa shape index (κ2) is 5.81. The largest absolute Gasteiger partial charge is 0.345 e. The van der Waals surface area contributed by atoms with E-state index >= 15 is 0 Å². The summed E-state index contributed by atoms with van der Waals surface area (Å²) in [5.74, 6) is -0.0294. The van der Waals surface area contributed by atoms with Gasteiger partial charge in [-0.1, -0.05) is 13.0 Å². The molecule has 6 heteroatoms. The quantitative estimate of drug-likeness (QED) is 0.835. The number of aryl methyl sites for hydroxylation is 1. The Labute approximate surface area is 124 Å². The Morgan fingerprint density at radius 1 is 1.33 bits per heavy atom. The van der Waals surface area contributed by atoms with Crippen LogP contribution in [0.4, 0.5) is 0 Å². The van der Waals surface area contributed by atoms with Gasteiger partial charge in [-0.05, 0) is 18.1 Å². The number of hydrogen-bond donors (Lipinski definition) is 1. The van der Waals surface area contributed by atoms with Crippen molar-refractivity contribution >= 4 is 11.8 Å². The molecule has 21 heavy (non-hydrogen) atoms. The number of nitrogens with zero attached hydrogens (tertiary/aromatic N) is 3. The molecule has 0 aromatic carbocycles. The molecule has 2 fully saturated rings. The Morgan fingerprint density at radius 3 is 2.90 bits per heavy atom. The van der Waals surface area contributed by atoms with E-state index in [0.29, 0.717) is 13.1 Å². The lowest BCUT2D eigenvalue weighted by molar-refractivity contribution is -0.149. The molecule has 0 aliphatic carbocycles. The average molecular weight is 288 g/mol. The first-order valence-corrected chi connectivity index (χ1v) is 7.40. The van der Waals surface area contributed by atoms with Gasteiger partial charge >= 0.3 is 0 Å². The highest BCUT2D eigenvalue weighted by molar-refractivity contribution is 5.95. The molecule has 0 spiro atoms. The van der Waals surface area contributed by atoms with Crippen LogP contribution in [-0.4, -0.2) is 58.8 Å². The van der Waals surface area contributed by atoms with Gasteiger partial charge in [-0.15, -0.1) is 0 Å². The third kappa shape index (κ3) is 2.90. The van der Waals surface area contributed by atoms with Gasteiger partial charge in [0.25, 0.3) is 0 Å². The van der Waals surface area contributed by atoms with Crippen molar-refractivity contribution in [2.45, 2.75) is 25.9 Å². The SMILES string of the molecule is CCc1ccc(CN2CCN3C(=O)CNC(=O)[C@@H]3C2)nc1. The Kier molecular flexibility index (Phi) is 3.88. The maximum atomic E-state index is 11.9. The number of carbonyl (C=O) groups excluding carboxylic acids is 2. The van der Waals surface area contributed by atoms with E-state index in [1.165, 1.54) is 5.56 Å². The van der Waals surface area contributed by atoms with E-state index in [0.717, 1.165) is 25.2 Å². The second-order valence-electron chi connectivity index (χ2n) is 5.57. The lowest BCUT2D eigenvalue weighted by atomic mass is 10.1. The predicted molar refractivity (Wildman–Crippen MR) is 77.4 cm³/mol. The van der Waals surface area contributed by atoms with E-state index in [4.69, 9.17) is 0 Å². The lowest BCUT2D eigenvalue weighted by Gasteiger charge is -2.42. The summed E-state index contributed by atoms with van der Waals surface area (Å²) >= 11 is 0. The number of amides is 2. The molecule has 3 rings (SSSR count). The summed E-state index contributed by atoms with van der Waals surface area (Å²) in [6.07, 6.45) is 2.89. The summed E-state index contributed by atoms with van der Waals surface area (Å²) in [6.45, 7) is 4.94. The molecule has 0 unspecified atom stereocenters. The summed E-state index contributed by atoms with van der Waals surface area (Å²) in [5, 5.41) is 2.66. The Hall–Kier alpha value is -1.95. The van der Waals surface area contributed by atoms with Crippen LogP contribution in [0.25, 0.3) is 0 Å². The van der Waals surface area contributed by atoms with Crippen LogP contribution in [0.1, 0.15) is 18.2 Å². The highest BCUT2D eigenvalue weighted by atomic mass is 16.2. The first-order chi connectivity index (χ1) is 10.2. The van der Waals surface area contributed by atoms with Crippen molar-refractivity contribution in [3.63, 3.8) is 0 Å². The van der Waals surface area contributed by atoms with Gasteiger partial charge in [0.1, 0.15) is 6.04 Å². The molecule has 6 nitrogen and oxygen atoms in total. The second-order valence-corrected chi connectivity index (χ2v) is 5.57. The zero-order valence-corrected chi connectivity index (χ0v) is 12.2. The fraction of sp³-hybridized carbons (Fsp3) is 0.533. The van der Waals surface area contributed by atoms with Crippen LogP contribution >= 0.6 is 0 Å². The van der Waals surface area contributed by atoms with Gasteiger partial charge in [-0.2, -0.15) is 0 Å². The number of aromatic nitrogens is 1. The maximum Gasteiger partial charge on any atom is 0.244 e. The Balaban J connectivity index is 1.65. The molecular weight excluding hydrogens is 268 g/mol. The van der Waals surface area contributed by atoms with E-state index < -0.39 is 0 Å². The predicted octanol–water partition coefficient (Wildman–Crippen LogP) is -0.213. The first kappa shape index (κ1) is 14.0. The van der Waals surface area contributed by atoms with Gasteiger partial charge in [0.05, 0.1) is 12.2 Å². The molecule has 2 amide bonds. The zero-order valence-electron chi connectivity index (χ0n) is 12.2. The Bertz CT molecular complexity index is 543. The molecule has 1 aromatic heterocycles. The number of fused-ring (bicyclic) bond motifs is 1. The topological polar surface area (TPSA) is 65.5 Å². The van der Waals surface area contributed by atoms with Crippen LogP contribution in [-0.2, 0) is 22.6 Å². The summed E-state index contributed by atoms with van der Waals surface area (Å²) in [4.78, 5) is 32.0. The van der Waals surface area contributed by atoms with Crippen molar-refractivity contribution in [1.29, 1.82) is 0 Å². The number of carbonyl (C=O) groups is 2. The molecular formula is C15H20N4O2. The molecule has 0 radical (unpaired) electrons. The molecule has 0 saturated carbocycles. The van der Waals surface area contributed by atoms with E-state index in [9.17, 15) is 9.59 Å². The van der Waals surface area contributed by atoms with Crippen molar-refractivity contribution in [1.82, 2.24) is 20.1 Å². The number of piperazine rings is 2. The zero-order chi connectivity index (χ0) is 14.8. The van der Waals surface area contributed by atoms with Crippen molar-refractivity contribution < 1.29 is 9.59 Å². The smallest absolute Gasteiger partial charge is 0.244 e. The molecule has 3 heterocycles. The molecule has 0 bridgehead atoms. The van der Waals surface area contributed by atoms with Crippen molar-refractivity contribution in [2.24, 2.45) is 0 Å². The van der Waals surface area contributed by atoms with Gasteiger partial charge in [-0.3, -0.25) is 19.5 Å². The van der Waals surface area contributed by atoms with E-state index in [-0.39, 0.29) is 24.4 Å². The maximum absolute atomic E-state index is 11.9. The standard InChI is InChI=1S/C15H20N4O2/c1-2-11-3-4-12(16-7-11)9-18-5-6-19-13(10-18)15(21)17-8-14(19)20/h3-4,7,13H,2,5-6,8-10H2,1H3,(H,17,21)/t13-/m0/s1. The third-order valence-electron chi connectivity index (χ3n) is 4.18. The molecule has 1 atom stereocenters. The monoisotopic (exact) mass is 288 g/mol. The van der Waals surface area contributed by atoms with Crippen molar-refractivity contribution in [3.05, 3.63) is 29.6 Å². The number of hydrogen-bond acceptors (Lipinski definition) is 4. The summed E-state index contributed by atoms with van der Waals surface area (Å²) in [5.41, 5.74) is 2.23. The normalized spacial score (nSPS) is 22.9. The van der Waals surface area contributed by atoms with E-state index in [1.54, 1.807) is 4.90 Å². The average Bonchev–Trinajstić information content (AvgIpc) is 2.52. The van der Waals surface area contributed by atoms with Crippen LogP contribution in [0.15, 0.2) is 18.3 Å². The van der Waals surface area contributed by atoms with Gasteiger partial charge < -0.3 is 10.2 Å². The third-order valence-corrected chi connectivity index (χ3v) is 4.18. The summed E-state index contributed by atoms with van der Waals surface area (Å²) in [7, 11) is 0. The van der Waals surface area contributed by atoms with Crippen LogP contribution in [0.3, 0.4) is 0 Å². The van der Waals surface area contributed by atoms with E-state index in [2.05, 4.69) is 28.2 Å². The Morgan fingerprint density at radius 2 is 2.19 bits per heavy atom. The van der Waals surface area contributed by atoms with Gasteiger partial charge in [0.2, 0.25) is 11.8 Å². The summed E-state index contributed by atoms with van der Waals surface area (Å²) < 4.78 is 0. The summed E-state index contributed by atoms with van der Waals surface area (Å²) in [6, 6.07) is 3.78. The van der Waals surface area contributed by atoms with Gasteiger partial charge in [0, 0.05) is 32.4 Å². The van der Waals surface area contributed by atoms with Crippen LogP contribution in [0.2, 0.25) is 0 Å². The fourth-order valence-corrected chi connectivity index (χ4v) is 2.87. The van der Waals surface area contributed by atoms with Crippen LogP contribution in [0.5, 0.6) is 0 Å². The van der Waals surface area contributed by atoms with Crippen LogP contribution < -0.4 is 5.32 Å². The molecule has 1 aromatic rings. The minimum atomic E-state index is -0.352. The molecule has 1 N–H and O–H groups in total. The number of rotatable bonds is 3. The fourth-order valence-electron chi connectivity index (χ4n) is 2.87.